The molecule has 1 aliphatic rings. The van der Waals surface area contributed by atoms with E-state index in [2.05, 4.69) is 5.32 Å². The van der Waals surface area contributed by atoms with Gasteiger partial charge >= 0.3 is 0 Å². The lowest BCUT2D eigenvalue weighted by atomic mass is 10.0. The fraction of sp³-hybridized carbons (Fsp3) is 0.261. The number of nitrogens with one attached hydrogen (secondary N) is 1. The highest BCUT2D eigenvalue weighted by molar-refractivity contribution is 7.89. The molecule has 1 amide bonds. The smallest absolute Gasteiger partial charge is 0.244 e. The Labute approximate surface area is 218 Å². The minimum absolute atomic E-state index is 0.172. The maximum Gasteiger partial charge on any atom is 0.244 e. The Hall–Kier alpha value is -1.61. The zero-order chi connectivity index (χ0) is 25.3. The van der Waals surface area contributed by atoms with Crippen molar-refractivity contribution < 1.29 is 17.6 Å². The summed E-state index contributed by atoms with van der Waals surface area (Å²) in [5, 5.41) is 1.12. The minimum atomic E-state index is -4.40. The van der Waals surface area contributed by atoms with Gasteiger partial charge in [0.15, 0.2) is 0 Å². The van der Waals surface area contributed by atoms with E-state index in [1.54, 1.807) is 25.1 Å². The molecule has 3 rings (SSSR count). The summed E-state index contributed by atoms with van der Waals surface area (Å²) in [6.07, 6.45) is 5.15. The van der Waals surface area contributed by atoms with Gasteiger partial charge in [-0.1, -0.05) is 70.7 Å². The van der Waals surface area contributed by atoms with Crippen LogP contribution in [-0.2, 0) is 14.8 Å². The number of hydrogen-bond donors (Lipinski definition) is 1. The van der Waals surface area contributed by atoms with E-state index in [1.807, 2.05) is 0 Å². The molecule has 0 aromatic heterocycles. The summed E-state index contributed by atoms with van der Waals surface area (Å²) in [5.41, 5.74) is 0.469. The van der Waals surface area contributed by atoms with Crippen LogP contribution in [0.4, 0.5) is 4.39 Å². The third-order valence-electron chi connectivity index (χ3n) is 5.33. The number of allylic oxidation sites excluding steroid dienone is 2. The van der Waals surface area contributed by atoms with Gasteiger partial charge in [0.05, 0.1) is 17.0 Å². The largest absolute Gasteiger partial charge is 0.348 e. The third-order valence-corrected chi connectivity index (χ3v) is 8.56. The molecule has 1 aliphatic carbocycles. The van der Waals surface area contributed by atoms with Gasteiger partial charge in [-0.25, -0.2) is 12.8 Å². The quantitative estimate of drug-likeness (QED) is 0.400. The molecule has 1 N–H and O–H groups in total. The molecular weight excluding hydrogens is 545 g/mol. The number of alkyl halides is 2. The number of sulfonamides is 1. The van der Waals surface area contributed by atoms with Crippen molar-refractivity contribution in [1.82, 2.24) is 9.62 Å². The molecule has 0 aliphatic heterocycles. The van der Waals surface area contributed by atoms with Crippen molar-refractivity contribution in [3.63, 3.8) is 0 Å². The van der Waals surface area contributed by atoms with Crippen LogP contribution < -0.4 is 5.32 Å². The Morgan fingerprint density at radius 1 is 1.06 bits per heavy atom. The van der Waals surface area contributed by atoms with Crippen molar-refractivity contribution in [2.24, 2.45) is 0 Å². The fourth-order valence-electron chi connectivity index (χ4n) is 3.61. The number of hydrogen-bond acceptors (Lipinski definition) is 3. The first-order valence-corrected chi connectivity index (χ1v) is 13.1. The van der Waals surface area contributed by atoms with E-state index in [9.17, 15) is 13.2 Å². The Kier molecular flexibility index (Phi) is 8.38. The van der Waals surface area contributed by atoms with Crippen LogP contribution >= 0.6 is 46.4 Å². The molecule has 0 bridgehead atoms. The number of amides is 1. The van der Waals surface area contributed by atoms with E-state index in [0.29, 0.717) is 20.6 Å². The number of benzene rings is 2. The van der Waals surface area contributed by atoms with Crippen molar-refractivity contribution in [3.05, 3.63) is 87.4 Å². The maximum atomic E-state index is 15.3. The average molecular weight is 566 g/mol. The lowest BCUT2D eigenvalue weighted by Gasteiger charge is -2.38. The maximum absolute atomic E-state index is 15.3. The molecule has 2 aromatic rings. The molecule has 2 aromatic carbocycles. The van der Waals surface area contributed by atoms with Gasteiger partial charge in [-0.2, -0.15) is 4.31 Å². The summed E-state index contributed by atoms with van der Waals surface area (Å²) >= 11 is 24.4. The number of rotatable bonds is 7. The summed E-state index contributed by atoms with van der Waals surface area (Å²) in [6.45, 7) is 3.00. The first-order chi connectivity index (χ1) is 15.9. The van der Waals surface area contributed by atoms with Crippen molar-refractivity contribution >= 4 is 62.3 Å². The molecule has 0 saturated carbocycles. The van der Waals surface area contributed by atoms with Gasteiger partial charge in [-0.05, 0) is 56.3 Å². The third kappa shape index (κ3) is 5.61. The zero-order valence-electron chi connectivity index (χ0n) is 18.1. The summed E-state index contributed by atoms with van der Waals surface area (Å²) < 4.78 is 43.3. The average Bonchev–Trinajstić information content (AvgIpc) is 2.75. The van der Waals surface area contributed by atoms with Crippen LogP contribution in [-0.4, -0.2) is 35.8 Å². The Morgan fingerprint density at radius 3 is 2.21 bits per heavy atom. The molecule has 34 heavy (non-hydrogen) atoms. The molecule has 3 unspecified atom stereocenters. The van der Waals surface area contributed by atoms with E-state index in [0.717, 1.165) is 10.4 Å². The Balaban J connectivity index is 2.00. The Bertz CT molecular complexity index is 1210. The summed E-state index contributed by atoms with van der Waals surface area (Å²) in [7, 11) is -4.40. The van der Waals surface area contributed by atoms with Crippen LogP contribution in [0.25, 0.3) is 0 Å². The van der Waals surface area contributed by atoms with E-state index in [4.69, 9.17) is 46.4 Å². The van der Waals surface area contributed by atoms with Gasteiger partial charge in [-0.3, -0.25) is 4.79 Å². The first kappa shape index (κ1) is 27.0. The van der Waals surface area contributed by atoms with Crippen LogP contribution in [0.3, 0.4) is 0 Å². The van der Waals surface area contributed by atoms with Crippen LogP contribution in [0, 0.1) is 0 Å². The van der Waals surface area contributed by atoms with Gasteiger partial charge in [0, 0.05) is 20.6 Å². The molecule has 0 fully saturated rings. The lowest BCUT2D eigenvalue weighted by molar-refractivity contribution is -0.125. The van der Waals surface area contributed by atoms with Crippen LogP contribution in [0.2, 0.25) is 15.1 Å². The second-order valence-corrected chi connectivity index (χ2v) is 11.4. The number of halogens is 5. The van der Waals surface area contributed by atoms with Gasteiger partial charge in [-0.15, -0.1) is 0 Å². The summed E-state index contributed by atoms with van der Waals surface area (Å²) in [4.78, 5) is 13.1. The molecule has 5 nitrogen and oxygen atoms in total. The second kappa shape index (κ2) is 10.6. The molecule has 4 atom stereocenters. The Morgan fingerprint density at radius 2 is 1.65 bits per heavy atom. The molecule has 0 radical (unpaired) electrons. The standard InChI is InChI=1S/C23H21Cl4FN2O3S/c1-14(21-18(25)6-5-7-19(21)26)29-22(31)15(2)30(20-8-3-4-13-23(20,27)28)34(32,33)17-11-9-16(24)10-12-17/h3-15,20H,1-2H3,(H,29,31)/t14?,15-,20?,23?/m1/s1. The molecule has 11 heteroatoms. The summed E-state index contributed by atoms with van der Waals surface area (Å²) in [5.74, 6) is -0.698. The fourth-order valence-corrected chi connectivity index (χ4v) is 6.52. The van der Waals surface area contributed by atoms with E-state index in [1.165, 1.54) is 49.4 Å². The monoisotopic (exact) mass is 564 g/mol. The number of carbonyl (C=O) groups excluding carboxylic acids is 1. The van der Waals surface area contributed by atoms with Gasteiger partial charge < -0.3 is 5.32 Å². The number of carbonyl (C=O) groups is 1. The van der Waals surface area contributed by atoms with Gasteiger partial charge in [0.2, 0.25) is 21.1 Å². The minimum Gasteiger partial charge on any atom is -0.348 e. The van der Waals surface area contributed by atoms with Crippen LogP contribution in [0.5, 0.6) is 0 Å². The van der Waals surface area contributed by atoms with Crippen molar-refractivity contribution in [1.29, 1.82) is 0 Å². The van der Waals surface area contributed by atoms with Crippen LogP contribution in [0.15, 0.2) is 71.7 Å². The van der Waals surface area contributed by atoms with E-state index >= 15 is 4.39 Å². The molecule has 0 saturated heterocycles. The topological polar surface area (TPSA) is 66.5 Å². The molecular formula is C23H21Cl4FN2O3S. The van der Waals surface area contributed by atoms with Gasteiger partial charge in [0.25, 0.3) is 0 Å². The zero-order valence-corrected chi connectivity index (χ0v) is 21.9. The number of nitrogens with zero attached hydrogens (tertiary/aromatic N) is 1. The van der Waals surface area contributed by atoms with Crippen molar-refractivity contribution in [3.8, 4) is 0 Å². The highest BCUT2D eigenvalue weighted by Gasteiger charge is 2.47. The second-order valence-electron chi connectivity index (χ2n) is 7.69. The molecule has 0 spiro atoms. The molecule has 182 valence electrons. The van der Waals surface area contributed by atoms with Crippen molar-refractivity contribution in [2.75, 3.05) is 0 Å². The molecule has 0 heterocycles. The van der Waals surface area contributed by atoms with E-state index < -0.39 is 39.2 Å². The predicted octanol–water partition coefficient (Wildman–Crippen LogP) is 6.30. The highest BCUT2D eigenvalue weighted by Crippen LogP contribution is 2.36. The lowest BCUT2D eigenvalue weighted by Crippen LogP contribution is -2.57. The van der Waals surface area contributed by atoms with E-state index in [-0.39, 0.29) is 4.90 Å². The highest BCUT2D eigenvalue weighted by atomic mass is 35.5. The normalized spacial score (nSPS) is 21.9. The van der Waals surface area contributed by atoms with Crippen molar-refractivity contribution in [2.45, 2.75) is 42.0 Å². The van der Waals surface area contributed by atoms with Crippen LogP contribution in [0.1, 0.15) is 25.5 Å². The van der Waals surface area contributed by atoms with Gasteiger partial charge in [0.1, 0.15) is 6.04 Å². The first-order valence-electron chi connectivity index (χ1n) is 10.1. The summed E-state index contributed by atoms with van der Waals surface area (Å²) in [6, 6.07) is 6.71. The SMILES string of the molecule is CC(NC(=O)[C@@H](C)N(C1C=CC=CC1(F)Cl)S(=O)(=O)c1ccc(Cl)cc1)c1c(Cl)cccc1Cl. The predicted molar refractivity (Wildman–Crippen MR) is 135 cm³/mol.